The van der Waals surface area contributed by atoms with E-state index in [2.05, 4.69) is 16.0 Å². The van der Waals surface area contributed by atoms with Gasteiger partial charge in [-0.15, -0.1) is 0 Å². The highest BCUT2D eigenvalue weighted by Gasteiger charge is 2.31. The maximum atomic E-state index is 12.7. The molecule has 0 bridgehead atoms. The summed E-state index contributed by atoms with van der Waals surface area (Å²) < 4.78 is 0. The van der Waals surface area contributed by atoms with Gasteiger partial charge in [-0.25, -0.2) is 4.79 Å². The van der Waals surface area contributed by atoms with Crippen molar-refractivity contribution in [3.63, 3.8) is 0 Å². The van der Waals surface area contributed by atoms with E-state index in [-0.39, 0.29) is 12.3 Å². The Kier molecular flexibility index (Phi) is 11.0. The number of carbonyl (C=O) groups is 5. The number of aliphatic hydroxyl groups is 1. The summed E-state index contributed by atoms with van der Waals surface area (Å²) in [6.07, 6.45) is -0.672. The summed E-state index contributed by atoms with van der Waals surface area (Å²) in [5.74, 6) is -5.12. The number of nitrogens with two attached hydrogens (primary N) is 2. The zero-order valence-corrected chi connectivity index (χ0v) is 18.5. The van der Waals surface area contributed by atoms with Gasteiger partial charge >= 0.3 is 5.97 Å². The number of aliphatic hydroxyl groups excluding tert-OH is 1. The average Bonchev–Trinajstić information content (AvgIpc) is 2.75. The van der Waals surface area contributed by atoms with E-state index in [0.29, 0.717) is 5.56 Å². The van der Waals surface area contributed by atoms with Crippen LogP contribution in [0, 0.1) is 5.92 Å². The van der Waals surface area contributed by atoms with Crippen LogP contribution in [0.1, 0.15) is 25.8 Å². The maximum absolute atomic E-state index is 12.7. The molecule has 4 amide bonds. The number of carboxylic acids is 1. The topological polar surface area (TPSA) is 214 Å². The minimum Gasteiger partial charge on any atom is -0.480 e. The minimum absolute atomic E-state index is 0.0401. The number of carbonyl (C=O) groups excluding carboxylic acids is 4. The largest absolute Gasteiger partial charge is 0.480 e. The third-order valence-electron chi connectivity index (χ3n) is 4.77. The van der Waals surface area contributed by atoms with Crippen molar-refractivity contribution in [2.45, 2.75) is 50.9 Å². The molecule has 12 nitrogen and oxygen atoms in total. The zero-order valence-electron chi connectivity index (χ0n) is 18.5. The van der Waals surface area contributed by atoms with Crippen molar-refractivity contribution in [3.05, 3.63) is 35.9 Å². The summed E-state index contributed by atoms with van der Waals surface area (Å²) in [6.45, 7) is 2.58. The van der Waals surface area contributed by atoms with Gasteiger partial charge in [0, 0.05) is 6.42 Å². The van der Waals surface area contributed by atoms with Crippen molar-refractivity contribution < 1.29 is 34.2 Å². The van der Waals surface area contributed by atoms with Crippen LogP contribution in [-0.2, 0) is 30.4 Å². The van der Waals surface area contributed by atoms with Crippen LogP contribution in [0.5, 0.6) is 0 Å². The maximum Gasteiger partial charge on any atom is 0.326 e. The number of hydrogen-bond donors (Lipinski definition) is 7. The summed E-state index contributed by atoms with van der Waals surface area (Å²) in [5, 5.41) is 25.7. The summed E-state index contributed by atoms with van der Waals surface area (Å²) >= 11 is 0. The molecule has 0 heterocycles. The number of carboxylic acid groups (broad SMARTS) is 1. The van der Waals surface area contributed by atoms with Crippen LogP contribution >= 0.6 is 0 Å². The lowest BCUT2D eigenvalue weighted by Crippen LogP contribution is -2.59. The molecule has 4 atom stereocenters. The molecule has 0 radical (unpaired) electrons. The fourth-order valence-electron chi connectivity index (χ4n) is 2.77. The molecule has 0 fully saturated rings. The van der Waals surface area contributed by atoms with E-state index in [1.54, 1.807) is 44.2 Å². The third kappa shape index (κ3) is 9.25. The minimum atomic E-state index is -1.53. The molecule has 1 rings (SSSR count). The fourth-order valence-corrected chi connectivity index (χ4v) is 2.77. The molecule has 12 heteroatoms. The quantitative estimate of drug-likeness (QED) is 0.167. The van der Waals surface area contributed by atoms with Gasteiger partial charge in [-0.2, -0.15) is 0 Å². The standard InChI is InChI=1S/C21H31N5O7/c1-11(2)17(23)20(31)26-15(10-27)19(30)24-13(9-16(22)28)18(29)25-14(21(32)33)8-12-6-4-3-5-7-12/h3-7,11,13-15,17,27H,8-10,23H2,1-2H3,(H2,22,28)(H,24,30)(H,25,29)(H,26,31)(H,32,33). The van der Waals surface area contributed by atoms with Gasteiger partial charge in [-0.3, -0.25) is 19.2 Å². The number of amides is 4. The van der Waals surface area contributed by atoms with Crippen molar-refractivity contribution in [2.24, 2.45) is 17.4 Å². The molecule has 0 spiro atoms. The number of aliphatic carboxylic acids is 1. The van der Waals surface area contributed by atoms with E-state index >= 15 is 0 Å². The Morgan fingerprint density at radius 1 is 0.879 bits per heavy atom. The predicted octanol–water partition coefficient (Wildman–Crippen LogP) is -2.38. The lowest BCUT2D eigenvalue weighted by Gasteiger charge is -2.24. The second kappa shape index (κ2) is 13.1. The summed E-state index contributed by atoms with van der Waals surface area (Å²) in [4.78, 5) is 60.4. The second-order valence-corrected chi connectivity index (χ2v) is 7.83. The lowest BCUT2D eigenvalue weighted by molar-refractivity contribution is -0.142. The average molecular weight is 466 g/mol. The molecule has 0 saturated heterocycles. The van der Waals surface area contributed by atoms with E-state index in [9.17, 15) is 34.2 Å². The molecule has 0 aliphatic carbocycles. The van der Waals surface area contributed by atoms with E-state index in [1.165, 1.54) is 0 Å². The van der Waals surface area contributed by atoms with Crippen LogP contribution in [-0.4, -0.2) is 70.6 Å². The first-order chi connectivity index (χ1) is 15.5. The van der Waals surface area contributed by atoms with Crippen LogP contribution in [0.3, 0.4) is 0 Å². The molecule has 9 N–H and O–H groups in total. The number of primary amides is 1. The van der Waals surface area contributed by atoms with Gasteiger partial charge in [-0.1, -0.05) is 44.2 Å². The monoisotopic (exact) mass is 465 g/mol. The van der Waals surface area contributed by atoms with Crippen molar-refractivity contribution in [3.8, 4) is 0 Å². The van der Waals surface area contributed by atoms with Gasteiger partial charge in [0.15, 0.2) is 0 Å². The summed E-state index contributed by atoms with van der Waals surface area (Å²) in [5.41, 5.74) is 11.5. The van der Waals surface area contributed by atoms with Crippen molar-refractivity contribution in [2.75, 3.05) is 6.61 Å². The SMILES string of the molecule is CC(C)C(N)C(=O)NC(CO)C(=O)NC(CC(N)=O)C(=O)NC(Cc1ccccc1)C(=O)O. The third-order valence-corrected chi connectivity index (χ3v) is 4.77. The molecule has 0 aliphatic heterocycles. The number of nitrogens with one attached hydrogen (secondary N) is 3. The highest BCUT2D eigenvalue weighted by molar-refractivity contribution is 5.96. The van der Waals surface area contributed by atoms with Gasteiger partial charge in [0.2, 0.25) is 23.6 Å². The van der Waals surface area contributed by atoms with Crippen molar-refractivity contribution >= 4 is 29.6 Å². The first-order valence-corrected chi connectivity index (χ1v) is 10.3. The zero-order chi connectivity index (χ0) is 25.1. The number of rotatable bonds is 13. The predicted molar refractivity (Wildman–Crippen MR) is 117 cm³/mol. The molecule has 182 valence electrons. The number of benzene rings is 1. The highest BCUT2D eigenvalue weighted by atomic mass is 16.4. The van der Waals surface area contributed by atoms with Gasteiger partial charge < -0.3 is 37.6 Å². The molecule has 33 heavy (non-hydrogen) atoms. The Morgan fingerprint density at radius 3 is 1.88 bits per heavy atom. The van der Waals surface area contributed by atoms with Crippen LogP contribution in [0.2, 0.25) is 0 Å². The summed E-state index contributed by atoms with van der Waals surface area (Å²) in [7, 11) is 0. The molecular weight excluding hydrogens is 434 g/mol. The Bertz CT molecular complexity index is 847. The normalized spacial score (nSPS) is 14.5. The highest BCUT2D eigenvalue weighted by Crippen LogP contribution is 2.05. The molecule has 1 aromatic carbocycles. The van der Waals surface area contributed by atoms with E-state index in [4.69, 9.17) is 11.5 Å². The van der Waals surface area contributed by atoms with Gasteiger partial charge in [0.1, 0.15) is 18.1 Å². The Labute approximate surface area is 191 Å². The van der Waals surface area contributed by atoms with Crippen molar-refractivity contribution in [1.29, 1.82) is 0 Å². The fraction of sp³-hybridized carbons (Fsp3) is 0.476. The molecule has 0 aromatic heterocycles. The van der Waals surface area contributed by atoms with Crippen LogP contribution in [0.4, 0.5) is 0 Å². The van der Waals surface area contributed by atoms with Crippen LogP contribution in [0.15, 0.2) is 30.3 Å². The Hall–Kier alpha value is -3.51. The second-order valence-electron chi connectivity index (χ2n) is 7.83. The van der Waals surface area contributed by atoms with Gasteiger partial charge in [-0.05, 0) is 11.5 Å². The van der Waals surface area contributed by atoms with Crippen LogP contribution < -0.4 is 27.4 Å². The Balaban J connectivity index is 2.92. The Morgan fingerprint density at radius 2 is 1.39 bits per heavy atom. The van der Waals surface area contributed by atoms with Crippen molar-refractivity contribution in [1.82, 2.24) is 16.0 Å². The molecule has 0 saturated carbocycles. The van der Waals surface area contributed by atoms with Gasteiger partial charge in [0.05, 0.1) is 19.1 Å². The van der Waals surface area contributed by atoms with Crippen LogP contribution in [0.25, 0.3) is 0 Å². The van der Waals surface area contributed by atoms with E-state index < -0.39 is 66.8 Å². The number of hydrogen-bond acceptors (Lipinski definition) is 7. The first kappa shape index (κ1) is 27.5. The van der Waals surface area contributed by atoms with Gasteiger partial charge in [0.25, 0.3) is 0 Å². The van der Waals surface area contributed by atoms with E-state index in [1.807, 2.05) is 0 Å². The molecular formula is C21H31N5O7. The molecule has 0 aliphatic rings. The molecule has 1 aromatic rings. The smallest absolute Gasteiger partial charge is 0.326 e. The van der Waals surface area contributed by atoms with E-state index in [0.717, 1.165) is 0 Å². The molecule has 4 unspecified atom stereocenters. The first-order valence-electron chi connectivity index (χ1n) is 10.3. The lowest BCUT2D eigenvalue weighted by atomic mass is 10.0. The summed E-state index contributed by atoms with van der Waals surface area (Å²) in [6, 6.07) is 3.27.